The lowest BCUT2D eigenvalue weighted by Gasteiger charge is -2.17. The number of hydrogen-bond acceptors (Lipinski definition) is 4. The lowest BCUT2D eigenvalue weighted by Crippen LogP contribution is -2.27. The Hall–Kier alpha value is -4.26. The maximum absolute atomic E-state index is 13.2. The van der Waals surface area contributed by atoms with Crippen molar-refractivity contribution in [2.45, 2.75) is 20.0 Å². The summed E-state index contributed by atoms with van der Waals surface area (Å²) in [6.07, 6.45) is 5.56. The fourth-order valence-electron chi connectivity index (χ4n) is 4.25. The number of rotatable bonds is 3. The third-order valence-electron chi connectivity index (χ3n) is 5.78. The van der Waals surface area contributed by atoms with Gasteiger partial charge in [-0.15, -0.1) is 0 Å². The molecule has 7 nitrogen and oxygen atoms in total. The van der Waals surface area contributed by atoms with E-state index in [1.54, 1.807) is 11.1 Å². The fourth-order valence-corrected chi connectivity index (χ4v) is 4.25. The summed E-state index contributed by atoms with van der Waals surface area (Å²) in [5.41, 5.74) is 5.96. The molecule has 1 amide bonds. The lowest BCUT2D eigenvalue weighted by molar-refractivity contribution is 0.0743. The van der Waals surface area contributed by atoms with Crippen LogP contribution in [0.4, 0.5) is 0 Å². The molecule has 0 saturated carbocycles. The van der Waals surface area contributed by atoms with Crippen molar-refractivity contribution >= 4 is 16.9 Å². The second-order valence-electron chi connectivity index (χ2n) is 8.00. The van der Waals surface area contributed by atoms with E-state index in [-0.39, 0.29) is 5.91 Å². The molecule has 6 rings (SSSR count). The van der Waals surface area contributed by atoms with Gasteiger partial charge in [0.05, 0.1) is 41.7 Å². The first kappa shape index (κ1) is 18.5. The second kappa shape index (κ2) is 7.16. The standard InChI is InChI=1S/C25H20N6O/c1-17-7-6-8-18(13-17)31-24(29-11-4-5-12-29)19-15-30(16-23(19)28-31)25(32)22-14-26-20-9-2-3-10-21(20)27-22/h2-14H,15-16H2,1H3. The summed E-state index contributed by atoms with van der Waals surface area (Å²) >= 11 is 0. The van der Waals surface area contributed by atoms with Gasteiger partial charge >= 0.3 is 0 Å². The molecule has 5 aromatic rings. The van der Waals surface area contributed by atoms with Crippen LogP contribution in [-0.4, -0.2) is 35.1 Å². The number of benzene rings is 2. The van der Waals surface area contributed by atoms with E-state index < -0.39 is 0 Å². The number of aromatic nitrogens is 5. The molecule has 7 heteroatoms. The summed E-state index contributed by atoms with van der Waals surface area (Å²) in [6, 6.07) is 19.8. The van der Waals surface area contributed by atoms with E-state index in [0.29, 0.717) is 24.3 Å². The van der Waals surface area contributed by atoms with Gasteiger partial charge in [-0.25, -0.2) is 9.67 Å². The molecule has 0 saturated heterocycles. The Bertz CT molecular complexity index is 1470. The normalized spacial score (nSPS) is 13.0. The van der Waals surface area contributed by atoms with Gasteiger partial charge in [0, 0.05) is 18.0 Å². The van der Waals surface area contributed by atoms with Gasteiger partial charge in [-0.1, -0.05) is 24.3 Å². The summed E-state index contributed by atoms with van der Waals surface area (Å²) in [7, 11) is 0. The summed E-state index contributed by atoms with van der Waals surface area (Å²) in [5, 5.41) is 4.90. The van der Waals surface area contributed by atoms with Crippen LogP contribution in [0.2, 0.25) is 0 Å². The van der Waals surface area contributed by atoms with Gasteiger partial charge in [-0.2, -0.15) is 5.10 Å². The third-order valence-corrected chi connectivity index (χ3v) is 5.78. The van der Waals surface area contributed by atoms with Gasteiger partial charge in [0.25, 0.3) is 5.91 Å². The molecule has 0 radical (unpaired) electrons. The van der Waals surface area contributed by atoms with Crippen LogP contribution in [0.3, 0.4) is 0 Å². The predicted octanol–water partition coefficient (Wildman–Crippen LogP) is 4.07. The van der Waals surface area contributed by atoms with Crippen LogP contribution >= 0.6 is 0 Å². The SMILES string of the molecule is Cc1cccc(-n2nc3c(c2-n2cccc2)CN(C(=O)c2cnc4ccccc4n2)C3)c1. The highest BCUT2D eigenvalue weighted by Crippen LogP contribution is 2.31. The summed E-state index contributed by atoms with van der Waals surface area (Å²) in [6.45, 7) is 2.98. The second-order valence-corrected chi connectivity index (χ2v) is 8.00. The molecular weight excluding hydrogens is 400 g/mol. The van der Waals surface area contributed by atoms with Crippen molar-refractivity contribution in [2.24, 2.45) is 0 Å². The molecule has 0 unspecified atom stereocenters. The molecule has 0 fully saturated rings. The molecule has 1 aliphatic rings. The zero-order valence-corrected chi connectivity index (χ0v) is 17.5. The fraction of sp³-hybridized carbons (Fsp3) is 0.120. The number of nitrogens with zero attached hydrogens (tertiary/aromatic N) is 6. The summed E-state index contributed by atoms with van der Waals surface area (Å²) in [5.74, 6) is 0.817. The molecule has 3 aromatic heterocycles. The van der Waals surface area contributed by atoms with Gasteiger partial charge in [0.1, 0.15) is 11.5 Å². The van der Waals surface area contributed by atoms with Gasteiger partial charge < -0.3 is 9.47 Å². The highest BCUT2D eigenvalue weighted by atomic mass is 16.2. The van der Waals surface area contributed by atoms with Crippen molar-refractivity contribution in [3.8, 4) is 11.5 Å². The average molecular weight is 420 g/mol. The van der Waals surface area contributed by atoms with E-state index in [1.807, 2.05) is 59.5 Å². The van der Waals surface area contributed by atoms with Crippen LogP contribution in [0.1, 0.15) is 27.3 Å². The van der Waals surface area contributed by atoms with Crippen LogP contribution in [0.5, 0.6) is 0 Å². The highest BCUT2D eigenvalue weighted by molar-refractivity contribution is 5.94. The number of carbonyl (C=O) groups excluding carboxylic acids is 1. The van der Waals surface area contributed by atoms with Crippen LogP contribution in [0.25, 0.3) is 22.5 Å². The zero-order chi connectivity index (χ0) is 21.7. The Labute approximate surface area is 184 Å². The van der Waals surface area contributed by atoms with E-state index in [1.165, 1.54) is 5.56 Å². The topological polar surface area (TPSA) is 68.8 Å². The smallest absolute Gasteiger partial charge is 0.274 e. The molecule has 0 N–H and O–H groups in total. The Morgan fingerprint density at radius 3 is 2.56 bits per heavy atom. The van der Waals surface area contributed by atoms with Crippen molar-refractivity contribution in [3.63, 3.8) is 0 Å². The Morgan fingerprint density at radius 2 is 1.75 bits per heavy atom. The molecule has 0 atom stereocenters. The first-order valence-corrected chi connectivity index (χ1v) is 10.5. The largest absolute Gasteiger partial charge is 0.327 e. The van der Waals surface area contributed by atoms with Crippen LogP contribution in [0.15, 0.2) is 79.3 Å². The monoisotopic (exact) mass is 420 g/mol. The predicted molar refractivity (Wildman–Crippen MR) is 121 cm³/mol. The number of fused-ring (bicyclic) bond motifs is 2. The van der Waals surface area contributed by atoms with Crippen LogP contribution in [-0.2, 0) is 13.1 Å². The van der Waals surface area contributed by atoms with Gasteiger partial charge in [-0.05, 0) is 48.9 Å². The Kier molecular flexibility index (Phi) is 4.14. The first-order chi connectivity index (χ1) is 15.7. The van der Waals surface area contributed by atoms with Crippen molar-refractivity contribution in [2.75, 3.05) is 0 Å². The highest BCUT2D eigenvalue weighted by Gasteiger charge is 2.32. The van der Waals surface area contributed by atoms with E-state index in [9.17, 15) is 4.79 Å². The third kappa shape index (κ3) is 2.98. The molecule has 156 valence electrons. The first-order valence-electron chi connectivity index (χ1n) is 10.5. The van der Waals surface area contributed by atoms with Gasteiger partial charge in [0.2, 0.25) is 0 Å². The summed E-state index contributed by atoms with van der Waals surface area (Å²) < 4.78 is 4.02. The van der Waals surface area contributed by atoms with E-state index >= 15 is 0 Å². The van der Waals surface area contributed by atoms with Gasteiger partial charge in [-0.3, -0.25) is 9.78 Å². The minimum atomic E-state index is -0.137. The Morgan fingerprint density at radius 1 is 0.938 bits per heavy atom. The van der Waals surface area contributed by atoms with Crippen LogP contribution in [0, 0.1) is 6.92 Å². The van der Waals surface area contributed by atoms with Crippen molar-refractivity contribution < 1.29 is 4.79 Å². The number of carbonyl (C=O) groups is 1. The molecule has 4 heterocycles. The Balaban J connectivity index is 1.38. The average Bonchev–Trinajstić information content (AvgIpc) is 3.54. The molecule has 2 aromatic carbocycles. The van der Waals surface area contributed by atoms with Crippen LogP contribution < -0.4 is 0 Å². The maximum atomic E-state index is 13.2. The minimum Gasteiger partial charge on any atom is -0.327 e. The van der Waals surface area contributed by atoms with Crippen molar-refractivity contribution in [3.05, 3.63) is 102 Å². The number of aryl methyl sites for hydroxylation is 1. The zero-order valence-electron chi connectivity index (χ0n) is 17.5. The lowest BCUT2D eigenvalue weighted by atomic mass is 10.2. The number of hydrogen-bond donors (Lipinski definition) is 0. The van der Waals surface area contributed by atoms with E-state index in [2.05, 4.69) is 39.7 Å². The maximum Gasteiger partial charge on any atom is 0.274 e. The molecule has 0 aliphatic carbocycles. The van der Waals surface area contributed by atoms with E-state index in [4.69, 9.17) is 5.10 Å². The minimum absolute atomic E-state index is 0.137. The molecule has 0 bridgehead atoms. The van der Waals surface area contributed by atoms with Crippen molar-refractivity contribution in [1.82, 2.24) is 29.2 Å². The quantitative estimate of drug-likeness (QED) is 0.441. The summed E-state index contributed by atoms with van der Waals surface area (Å²) in [4.78, 5) is 23.9. The number of para-hydroxylation sites is 2. The molecule has 32 heavy (non-hydrogen) atoms. The number of amides is 1. The molecule has 0 spiro atoms. The molecule has 1 aliphatic heterocycles. The molecular formula is C25H20N6O. The van der Waals surface area contributed by atoms with Gasteiger partial charge in [0.15, 0.2) is 0 Å². The van der Waals surface area contributed by atoms with E-state index in [0.717, 1.165) is 28.3 Å². The van der Waals surface area contributed by atoms with Crippen molar-refractivity contribution in [1.29, 1.82) is 0 Å².